The van der Waals surface area contributed by atoms with E-state index in [1.807, 2.05) is 18.5 Å². The molecule has 1 aromatic carbocycles. The third kappa shape index (κ3) is 3.36. The number of carbonyl (C=O) groups excluding carboxylic acids is 1. The molecule has 0 amide bonds. The lowest BCUT2D eigenvalue weighted by Crippen LogP contribution is -2.18. The fourth-order valence-corrected chi connectivity index (χ4v) is 3.80. The van der Waals surface area contributed by atoms with E-state index in [0.717, 1.165) is 37.7 Å². The van der Waals surface area contributed by atoms with Gasteiger partial charge < -0.3 is 13.7 Å². The first-order valence-electron chi connectivity index (χ1n) is 9.27. The first-order chi connectivity index (χ1) is 12.7. The number of rotatable bonds is 5. The maximum atomic E-state index is 11.7. The summed E-state index contributed by atoms with van der Waals surface area (Å²) in [5.74, 6) is 1.17. The molecule has 0 saturated heterocycles. The van der Waals surface area contributed by atoms with E-state index < -0.39 is 5.97 Å². The molecular weight excluding hydrogens is 330 g/mol. The van der Waals surface area contributed by atoms with Crippen LogP contribution in [-0.2, 0) is 11.3 Å². The summed E-state index contributed by atoms with van der Waals surface area (Å²) in [6.45, 7) is 3.12. The van der Waals surface area contributed by atoms with Crippen molar-refractivity contribution in [1.29, 1.82) is 0 Å². The highest BCUT2D eigenvalue weighted by molar-refractivity contribution is 5.86. The molecule has 0 atom stereocenters. The third-order valence-electron chi connectivity index (χ3n) is 5.18. The number of carbonyl (C=O) groups is 1. The molecule has 26 heavy (non-hydrogen) atoms. The molecule has 0 radical (unpaired) electrons. The van der Waals surface area contributed by atoms with Crippen molar-refractivity contribution < 1.29 is 13.9 Å². The molecule has 4 rings (SSSR count). The summed E-state index contributed by atoms with van der Waals surface area (Å²) < 4.78 is 12.8. The molecule has 1 aliphatic carbocycles. The summed E-state index contributed by atoms with van der Waals surface area (Å²) in [6.07, 6.45) is 7.65. The monoisotopic (exact) mass is 353 g/mol. The highest BCUT2D eigenvalue weighted by Crippen LogP contribution is 2.36. The average Bonchev–Trinajstić information content (AvgIpc) is 3.31. The number of benzene rings is 1. The van der Waals surface area contributed by atoms with E-state index >= 15 is 0 Å². The first-order valence-corrected chi connectivity index (χ1v) is 9.27. The number of aromatic nitrogens is 3. The van der Waals surface area contributed by atoms with E-state index in [-0.39, 0.29) is 11.6 Å². The molecule has 0 N–H and O–H groups in total. The van der Waals surface area contributed by atoms with E-state index in [1.165, 1.54) is 11.8 Å². The van der Waals surface area contributed by atoms with Crippen LogP contribution in [0.4, 0.5) is 0 Å². The molecule has 1 aliphatic rings. The molecule has 3 aromatic rings. The number of esters is 1. The fraction of sp³-hybridized carbons (Fsp3) is 0.450. The van der Waals surface area contributed by atoms with Gasteiger partial charge in [-0.05, 0) is 50.7 Å². The number of ether oxygens (including phenoxy) is 1. The quantitative estimate of drug-likeness (QED) is 0.644. The minimum atomic E-state index is -0.414. The molecule has 2 aromatic heterocycles. The lowest BCUT2D eigenvalue weighted by Gasteiger charge is -2.27. The van der Waals surface area contributed by atoms with Gasteiger partial charge in [0.05, 0.1) is 24.0 Å². The Labute approximate surface area is 152 Å². The number of hydrogen-bond donors (Lipinski definition) is 0. The van der Waals surface area contributed by atoms with Crippen LogP contribution in [0, 0.1) is 5.92 Å². The van der Waals surface area contributed by atoms with Gasteiger partial charge in [-0.1, -0.05) is 12.1 Å². The van der Waals surface area contributed by atoms with Crippen LogP contribution in [0.15, 0.2) is 41.3 Å². The highest BCUT2D eigenvalue weighted by atomic mass is 16.5. The number of nitrogens with zero attached hydrogens (tertiary/aromatic N) is 3. The van der Waals surface area contributed by atoms with Gasteiger partial charge in [0.25, 0.3) is 0 Å². The Bertz CT molecular complexity index is 890. The van der Waals surface area contributed by atoms with Crippen LogP contribution in [0.2, 0.25) is 0 Å². The zero-order chi connectivity index (χ0) is 17.9. The van der Waals surface area contributed by atoms with Crippen LogP contribution in [0.25, 0.3) is 11.0 Å². The highest BCUT2D eigenvalue weighted by Gasteiger charge is 2.27. The number of imidazole rings is 1. The van der Waals surface area contributed by atoms with Crippen molar-refractivity contribution in [3.05, 3.63) is 48.4 Å². The van der Waals surface area contributed by atoms with Crippen LogP contribution in [0.5, 0.6) is 0 Å². The van der Waals surface area contributed by atoms with Crippen LogP contribution in [0.1, 0.15) is 54.9 Å². The fourth-order valence-electron chi connectivity index (χ4n) is 3.80. The minimum Gasteiger partial charge on any atom is -0.461 e. The summed E-state index contributed by atoms with van der Waals surface area (Å²) >= 11 is 0. The number of para-hydroxylation sites is 2. The summed E-state index contributed by atoms with van der Waals surface area (Å²) in [4.78, 5) is 20.5. The molecule has 0 unspecified atom stereocenters. The Kier molecular flexibility index (Phi) is 4.73. The van der Waals surface area contributed by atoms with Gasteiger partial charge in [-0.25, -0.2) is 14.8 Å². The average molecular weight is 353 g/mol. The van der Waals surface area contributed by atoms with Gasteiger partial charge in [0.15, 0.2) is 11.6 Å². The molecule has 0 aliphatic heterocycles. The summed E-state index contributed by atoms with van der Waals surface area (Å²) in [5, 5.41) is 0. The molecule has 2 heterocycles. The predicted octanol–water partition coefficient (Wildman–Crippen LogP) is 4.18. The first kappa shape index (κ1) is 16.8. The Morgan fingerprint density at radius 1 is 1.27 bits per heavy atom. The maximum Gasteiger partial charge on any atom is 0.360 e. The Morgan fingerprint density at radius 2 is 2.08 bits per heavy atom. The Morgan fingerprint density at radius 3 is 2.88 bits per heavy atom. The molecule has 1 saturated carbocycles. The van der Waals surface area contributed by atoms with Crippen LogP contribution >= 0.6 is 0 Å². The molecule has 136 valence electrons. The largest absolute Gasteiger partial charge is 0.461 e. The zero-order valence-electron chi connectivity index (χ0n) is 14.9. The van der Waals surface area contributed by atoms with Crippen molar-refractivity contribution in [2.24, 2.45) is 5.92 Å². The van der Waals surface area contributed by atoms with Gasteiger partial charge in [-0.15, -0.1) is 0 Å². The van der Waals surface area contributed by atoms with Gasteiger partial charge in [-0.3, -0.25) is 0 Å². The van der Waals surface area contributed by atoms with Crippen LogP contribution in [-0.4, -0.2) is 27.1 Å². The second kappa shape index (κ2) is 7.32. The van der Waals surface area contributed by atoms with Gasteiger partial charge in [-0.2, -0.15) is 0 Å². The molecule has 6 nitrogen and oxygen atoms in total. The second-order valence-corrected chi connectivity index (χ2v) is 6.89. The van der Waals surface area contributed by atoms with Crippen molar-refractivity contribution >= 4 is 17.0 Å². The number of fused-ring (bicyclic) bond motifs is 1. The summed E-state index contributed by atoms with van der Waals surface area (Å²) in [6, 6.07) is 8.25. The van der Waals surface area contributed by atoms with Gasteiger partial charge in [0.2, 0.25) is 0 Å². The lowest BCUT2D eigenvalue weighted by molar-refractivity contribution is 0.0519. The van der Waals surface area contributed by atoms with Crippen molar-refractivity contribution in [1.82, 2.24) is 14.5 Å². The van der Waals surface area contributed by atoms with Gasteiger partial charge >= 0.3 is 5.97 Å². The maximum absolute atomic E-state index is 11.7. The van der Waals surface area contributed by atoms with Gasteiger partial charge in [0, 0.05) is 12.5 Å². The number of hydrogen-bond acceptors (Lipinski definition) is 5. The van der Waals surface area contributed by atoms with E-state index in [0.29, 0.717) is 18.4 Å². The van der Waals surface area contributed by atoms with Gasteiger partial charge in [0.1, 0.15) is 6.26 Å². The molecular formula is C20H23N3O3. The second-order valence-electron chi connectivity index (χ2n) is 6.89. The van der Waals surface area contributed by atoms with Crippen LogP contribution in [0.3, 0.4) is 0 Å². The van der Waals surface area contributed by atoms with Crippen molar-refractivity contribution in [2.45, 2.75) is 45.1 Å². The number of oxazole rings is 1. The molecule has 1 fully saturated rings. The normalized spacial score (nSPS) is 20.3. The molecule has 0 spiro atoms. The molecule has 6 heteroatoms. The SMILES string of the molecule is CCOC(=O)c1coc(C2CCC(Cn3cnc4ccccc43)CC2)n1. The Balaban J connectivity index is 1.36. The van der Waals surface area contributed by atoms with Crippen molar-refractivity contribution in [3.63, 3.8) is 0 Å². The third-order valence-corrected chi connectivity index (χ3v) is 5.18. The van der Waals surface area contributed by atoms with E-state index in [1.54, 1.807) is 6.92 Å². The summed E-state index contributed by atoms with van der Waals surface area (Å²) in [7, 11) is 0. The van der Waals surface area contributed by atoms with E-state index in [2.05, 4.69) is 26.7 Å². The van der Waals surface area contributed by atoms with Crippen molar-refractivity contribution in [3.8, 4) is 0 Å². The molecule has 0 bridgehead atoms. The van der Waals surface area contributed by atoms with E-state index in [9.17, 15) is 4.79 Å². The lowest BCUT2D eigenvalue weighted by atomic mass is 9.82. The standard InChI is InChI=1S/C20H23N3O3/c1-2-25-20(24)17-12-26-19(22-17)15-9-7-14(8-10-15)11-23-13-21-16-5-3-4-6-18(16)23/h3-6,12-15H,2,7-11H2,1H3. The predicted molar refractivity (Wildman–Crippen MR) is 96.9 cm³/mol. The zero-order valence-corrected chi connectivity index (χ0v) is 14.9. The Hall–Kier alpha value is -2.63. The minimum absolute atomic E-state index is 0.272. The summed E-state index contributed by atoms with van der Waals surface area (Å²) in [5.41, 5.74) is 2.52. The van der Waals surface area contributed by atoms with Crippen molar-refractivity contribution in [2.75, 3.05) is 6.61 Å². The topological polar surface area (TPSA) is 70.2 Å². The van der Waals surface area contributed by atoms with Crippen LogP contribution < -0.4 is 0 Å². The van der Waals surface area contributed by atoms with E-state index in [4.69, 9.17) is 9.15 Å². The smallest absolute Gasteiger partial charge is 0.360 e.